The van der Waals surface area contributed by atoms with Crippen molar-refractivity contribution in [2.45, 2.75) is 32.7 Å². The first-order chi connectivity index (χ1) is 9.11. The third kappa shape index (κ3) is 3.26. The highest BCUT2D eigenvalue weighted by molar-refractivity contribution is 5.94. The fraction of sp³-hybridized carbons (Fsp3) is 0.533. The number of benzene rings is 1. The predicted octanol–water partition coefficient (Wildman–Crippen LogP) is 1.91. The van der Waals surface area contributed by atoms with Gasteiger partial charge < -0.3 is 10.4 Å². The highest BCUT2D eigenvalue weighted by Crippen LogP contribution is 2.18. The first kappa shape index (κ1) is 13.9. The van der Waals surface area contributed by atoms with E-state index in [2.05, 4.69) is 17.1 Å². The summed E-state index contributed by atoms with van der Waals surface area (Å²) >= 11 is 0. The molecule has 104 valence electrons. The number of hydrogen-bond donors (Lipinski definition) is 2. The second kappa shape index (κ2) is 6.06. The highest BCUT2D eigenvalue weighted by Gasteiger charge is 2.23. The number of rotatable bonds is 4. The topological polar surface area (TPSA) is 52.6 Å². The van der Waals surface area contributed by atoms with Gasteiger partial charge in [-0.15, -0.1) is 0 Å². The Balaban J connectivity index is 1.92. The summed E-state index contributed by atoms with van der Waals surface area (Å²) in [5.74, 6) is 0.0574. The maximum absolute atomic E-state index is 12.0. The molecule has 1 aliphatic heterocycles. The molecule has 0 saturated carbocycles. The van der Waals surface area contributed by atoms with Crippen LogP contribution in [0, 0.1) is 6.92 Å². The summed E-state index contributed by atoms with van der Waals surface area (Å²) in [6.45, 7) is 6.81. The zero-order valence-electron chi connectivity index (χ0n) is 11.6. The van der Waals surface area contributed by atoms with Gasteiger partial charge in [-0.1, -0.05) is 13.0 Å². The van der Waals surface area contributed by atoms with E-state index in [4.69, 9.17) is 0 Å². The summed E-state index contributed by atoms with van der Waals surface area (Å²) in [6, 6.07) is 5.49. The summed E-state index contributed by atoms with van der Waals surface area (Å²) in [7, 11) is 0. The van der Waals surface area contributed by atoms with Crippen LogP contribution in [-0.2, 0) is 0 Å². The van der Waals surface area contributed by atoms with Crippen LogP contribution in [0.15, 0.2) is 18.2 Å². The molecule has 0 bridgehead atoms. The van der Waals surface area contributed by atoms with Crippen LogP contribution >= 0.6 is 0 Å². The van der Waals surface area contributed by atoms with Gasteiger partial charge in [-0.05, 0) is 50.6 Å². The molecule has 1 amide bonds. The van der Waals surface area contributed by atoms with E-state index in [0.29, 0.717) is 18.2 Å². The first-order valence-corrected chi connectivity index (χ1v) is 6.93. The van der Waals surface area contributed by atoms with Crippen LogP contribution in [0.1, 0.15) is 35.7 Å². The summed E-state index contributed by atoms with van der Waals surface area (Å²) < 4.78 is 0. The summed E-state index contributed by atoms with van der Waals surface area (Å²) in [6.07, 6.45) is 2.35. The molecule has 1 heterocycles. The molecule has 1 saturated heterocycles. The molecule has 1 unspecified atom stereocenters. The minimum absolute atomic E-state index is 0.113. The Bertz CT molecular complexity index is 459. The molecule has 1 aromatic carbocycles. The second-order valence-corrected chi connectivity index (χ2v) is 5.14. The number of phenols is 1. The van der Waals surface area contributed by atoms with Gasteiger partial charge in [-0.3, -0.25) is 9.69 Å². The number of phenolic OH excluding ortho intramolecular Hbond substituents is 1. The van der Waals surface area contributed by atoms with Crippen molar-refractivity contribution in [3.05, 3.63) is 29.3 Å². The number of amides is 1. The first-order valence-electron chi connectivity index (χ1n) is 6.93. The van der Waals surface area contributed by atoms with Gasteiger partial charge in [0.1, 0.15) is 5.75 Å². The number of hydrogen-bond acceptors (Lipinski definition) is 3. The third-order valence-corrected chi connectivity index (χ3v) is 3.87. The number of nitrogens with zero attached hydrogens (tertiary/aromatic N) is 1. The predicted molar refractivity (Wildman–Crippen MR) is 75.4 cm³/mol. The lowest BCUT2D eigenvalue weighted by atomic mass is 10.1. The Hall–Kier alpha value is -1.55. The molecule has 19 heavy (non-hydrogen) atoms. The van der Waals surface area contributed by atoms with E-state index < -0.39 is 0 Å². The molecule has 2 N–H and O–H groups in total. The van der Waals surface area contributed by atoms with E-state index in [9.17, 15) is 9.90 Å². The van der Waals surface area contributed by atoms with Crippen LogP contribution < -0.4 is 5.32 Å². The van der Waals surface area contributed by atoms with E-state index in [1.165, 1.54) is 12.5 Å². The lowest BCUT2D eigenvalue weighted by Gasteiger charge is -2.22. The molecular weight excluding hydrogens is 240 g/mol. The van der Waals surface area contributed by atoms with Crippen molar-refractivity contribution in [2.24, 2.45) is 0 Å². The number of likely N-dealkylation sites (tertiary alicyclic amines) is 1. The van der Waals surface area contributed by atoms with Crippen LogP contribution in [0.3, 0.4) is 0 Å². The molecule has 4 heteroatoms. The number of aromatic hydroxyl groups is 1. The number of nitrogens with one attached hydrogen (secondary N) is 1. The van der Waals surface area contributed by atoms with Gasteiger partial charge in [-0.25, -0.2) is 0 Å². The van der Waals surface area contributed by atoms with Gasteiger partial charge in [-0.2, -0.15) is 0 Å². The van der Waals surface area contributed by atoms with Gasteiger partial charge >= 0.3 is 0 Å². The summed E-state index contributed by atoms with van der Waals surface area (Å²) in [4.78, 5) is 14.4. The van der Waals surface area contributed by atoms with E-state index in [1.54, 1.807) is 12.1 Å². The largest absolute Gasteiger partial charge is 0.508 e. The van der Waals surface area contributed by atoms with E-state index >= 15 is 0 Å². The Kier molecular flexibility index (Phi) is 4.43. The zero-order chi connectivity index (χ0) is 13.8. The zero-order valence-corrected chi connectivity index (χ0v) is 11.6. The Morgan fingerprint density at radius 3 is 3.00 bits per heavy atom. The monoisotopic (exact) mass is 262 g/mol. The molecule has 1 fully saturated rings. The molecule has 0 spiro atoms. The van der Waals surface area contributed by atoms with Crippen LogP contribution in [-0.4, -0.2) is 41.6 Å². The number of carbonyl (C=O) groups is 1. The average Bonchev–Trinajstić information content (AvgIpc) is 2.86. The maximum atomic E-state index is 12.0. The number of likely N-dealkylation sites (N-methyl/N-ethyl adjacent to an activating group) is 1. The molecule has 1 aliphatic rings. The molecule has 2 rings (SSSR count). The van der Waals surface area contributed by atoms with Gasteiger partial charge in [0, 0.05) is 18.2 Å². The summed E-state index contributed by atoms with van der Waals surface area (Å²) in [5.41, 5.74) is 1.30. The summed E-state index contributed by atoms with van der Waals surface area (Å²) in [5, 5.41) is 12.6. The fourth-order valence-electron chi connectivity index (χ4n) is 2.61. The molecule has 4 nitrogen and oxygen atoms in total. The molecule has 1 aromatic rings. The lowest BCUT2D eigenvalue weighted by molar-refractivity contribution is 0.0941. The molecule has 1 atom stereocenters. The quantitative estimate of drug-likeness (QED) is 0.871. The average molecular weight is 262 g/mol. The fourth-order valence-corrected chi connectivity index (χ4v) is 2.61. The van der Waals surface area contributed by atoms with Crippen LogP contribution in [0.2, 0.25) is 0 Å². The number of carbonyl (C=O) groups excluding carboxylic acids is 1. The van der Waals surface area contributed by atoms with Crippen molar-refractivity contribution in [3.63, 3.8) is 0 Å². The van der Waals surface area contributed by atoms with E-state index in [0.717, 1.165) is 25.1 Å². The van der Waals surface area contributed by atoms with Gasteiger partial charge in [0.2, 0.25) is 0 Å². The molecule has 0 radical (unpaired) electrons. The smallest absolute Gasteiger partial charge is 0.251 e. The minimum atomic E-state index is -0.113. The van der Waals surface area contributed by atoms with Crippen LogP contribution in [0.5, 0.6) is 5.75 Å². The van der Waals surface area contributed by atoms with Crippen molar-refractivity contribution in [3.8, 4) is 5.75 Å². The van der Waals surface area contributed by atoms with E-state index in [-0.39, 0.29) is 11.7 Å². The van der Waals surface area contributed by atoms with E-state index in [1.807, 2.05) is 6.92 Å². The Labute approximate surface area is 114 Å². The maximum Gasteiger partial charge on any atom is 0.251 e. The third-order valence-electron chi connectivity index (χ3n) is 3.87. The molecule has 0 aliphatic carbocycles. The SMILES string of the molecule is CCN1CCCC1CNC(=O)c1ccc(C)c(O)c1. The van der Waals surface area contributed by atoms with Gasteiger partial charge in [0.25, 0.3) is 5.91 Å². The van der Waals surface area contributed by atoms with Crippen molar-refractivity contribution in [1.29, 1.82) is 0 Å². The minimum Gasteiger partial charge on any atom is -0.508 e. The second-order valence-electron chi connectivity index (χ2n) is 5.14. The van der Waals surface area contributed by atoms with Crippen LogP contribution in [0.4, 0.5) is 0 Å². The lowest BCUT2D eigenvalue weighted by Crippen LogP contribution is -2.40. The normalized spacial score (nSPS) is 19.6. The Morgan fingerprint density at radius 1 is 1.53 bits per heavy atom. The number of aryl methyl sites for hydroxylation is 1. The van der Waals surface area contributed by atoms with Crippen molar-refractivity contribution >= 4 is 5.91 Å². The van der Waals surface area contributed by atoms with Crippen molar-refractivity contribution in [2.75, 3.05) is 19.6 Å². The van der Waals surface area contributed by atoms with Gasteiger partial charge in [0.15, 0.2) is 0 Å². The highest BCUT2D eigenvalue weighted by atomic mass is 16.3. The standard InChI is InChI=1S/C15H22N2O2/c1-3-17-8-4-5-13(17)10-16-15(19)12-7-6-11(2)14(18)9-12/h6-7,9,13,18H,3-5,8,10H2,1-2H3,(H,16,19). The van der Waals surface area contributed by atoms with Gasteiger partial charge in [0.05, 0.1) is 0 Å². The van der Waals surface area contributed by atoms with Crippen molar-refractivity contribution < 1.29 is 9.90 Å². The molecular formula is C15H22N2O2. The Morgan fingerprint density at radius 2 is 2.32 bits per heavy atom. The van der Waals surface area contributed by atoms with Crippen molar-refractivity contribution in [1.82, 2.24) is 10.2 Å². The molecule has 0 aromatic heterocycles. The van der Waals surface area contributed by atoms with Crippen LogP contribution in [0.25, 0.3) is 0 Å².